The molecular formula is C12H9NO4S2. The highest BCUT2D eigenvalue weighted by atomic mass is 32.2. The summed E-state index contributed by atoms with van der Waals surface area (Å²) in [6.45, 7) is -0.433. The minimum atomic E-state index is -1.11. The second-order valence-corrected chi connectivity index (χ2v) is 5.43. The fraction of sp³-hybridized carbons (Fsp3) is 0.0833. The van der Waals surface area contributed by atoms with Crippen LogP contribution in [0.15, 0.2) is 29.2 Å². The number of carboxylic acid groups (broad SMARTS) is 1. The summed E-state index contributed by atoms with van der Waals surface area (Å²) in [7, 11) is 0. The molecule has 0 bridgehead atoms. The Morgan fingerprint density at radius 2 is 2.00 bits per heavy atom. The molecule has 1 aromatic carbocycles. The van der Waals surface area contributed by atoms with Crippen LogP contribution in [0.2, 0.25) is 0 Å². The zero-order valence-corrected chi connectivity index (χ0v) is 11.2. The van der Waals surface area contributed by atoms with Crippen LogP contribution in [-0.4, -0.2) is 37.9 Å². The maximum atomic E-state index is 12.0. The van der Waals surface area contributed by atoms with Gasteiger partial charge in [-0.2, -0.15) is 0 Å². The third-order valence-electron chi connectivity index (χ3n) is 2.36. The Bertz CT molecular complexity index is 580. The van der Waals surface area contributed by atoms with Crippen molar-refractivity contribution in [3.05, 3.63) is 34.7 Å². The second kappa shape index (κ2) is 5.41. The lowest BCUT2D eigenvalue weighted by atomic mass is 10.2. The van der Waals surface area contributed by atoms with E-state index >= 15 is 0 Å². The molecule has 0 saturated carbocycles. The van der Waals surface area contributed by atoms with E-state index in [1.54, 1.807) is 18.2 Å². The molecule has 1 aliphatic rings. The van der Waals surface area contributed by atoms with Crippen LogP contribution in [0, 0.1) is 0 Å². The topological polar surface area (TPSA) is 77.8 Å². The number of carbonyl (C=O) groups is 2. The fourth-order valence-corrected chi connectivity index (χ4v) is 2.75. The van der Waals surface area contributed by atoms with Crippen LogP contribution < -0.4 is 0 Å². The van der Waals surface area contributed by atoms with Crippen molar-refractivity contribution in [1.29, 1.82) is 0 Å². The molecule has 1 aromatic rings. The average molecular weight is 295 g/mol. The Hall–Kier alpha value is -1.86. The van der Waals surface area contributed by atoms with Gasteiger partial charge in [0.25, 0.3) is 5.91 Å². The van der Waals surface area contributed by atoms with Crippen molar-refractivity contribution in [1.82, 2.24) is 4.90 Å². The highest BCUT2D eigenvalue weighted by molar-refractivity contribution is 8.26. The number of aromatic hydroxyl groups is 1. The van der Waals surface area contributed by atoms with E-state index in [1.165, 1.54) is 12.1 Å². The Kier molecular flexibility index (Phi) is 3.87. The number of thioether (sulfide) groups is 1. The molecule has 0 radical (unpaired) electrons. The summed E-state index contributed by atoms with van der Waals surface area (Å²) in [5, 5.41) is 17.9. The van der Waals surface area contributed by atoms with Crippen LogP contribution in [0.4, 0.5) is 0 Å². The number of hydrogen-bond acceptors (Lipinski definition) is 5. The molecule has 5 nitrogen and oxygen atoms in total. The van der Waals surface area contributed by atoms with Crippen molar-refractivity contribution in [2.45, 2.75) is 0 Å². The quantitative estimate of drug-likeness (QED) is 0.652. The zero-order chi connectivity index (χ0) is 14.0. The van der Waals surface area contributed by atoms with E-state index in [0.717, 1.165) is 22.2 Å². The minimum absolute atomic E-state index is 0.135. The van der Waals surface area contributed by atoms with Crippen molar-refractivity contribution in [2.24, 2.45) is 0 Å². The van der Waals surface area contributed by atoms with Gasteiger partial charge in [-0.3, -0.25) is 14.5 Å². The van der Waals surface area contributed by atoms with Gasteiger partial charge in [-0.15, -0.1) is 0 Å². The number of carbonyl (C=O) groups excluding carboxylic acids is 1. The SMILES string of the molecule is O=C(O)CN1C(=O)C(=Cc2ccc(O)cc2)SC1=S. The van der Waals surface area contributed by atoms with Crippen molar-refractivity contribution in [3.8, 4) is 5.75 Å². The summed E-state index contributed by atoms with van der Waals surface area (Å²) in [6.07, 6.45) is 1.61. The maximum absolute atomic E-state index is 12.0. The van der Waals surface area contributed by atoms with Gasteiger partial charge >= 0.3 is 5.97 Å². The minimum Gasteiger partial charge on any atom is -0.508 e. The van der Waals surface area contributed by atoms with Crippen LogP contribution in [-0.2, 0) is 9.59 Å². The smallest absolute Gasteiger partial charge is 0.323 e. The first-order chi connectivity index (χ1) is 8.97. The van der Waals surface area contributed by atoms with Crippen molar-refractivity contribution < 1.29 is 19.8 Å². The van der Waals surface area contributed by atoms with Crippen LogP contribution in [0.25, 0.3) is 6.08 Å². The Labute approximate surface area is 118 Å². The van der Waals surface area contributed by atoms with E-state index in [1.807, 2.05) is 0 Å². The first-order valence-electron chi connectivity index (χ1n) is 5.23. The summed E-state index contributed by atoms with van der Waals surface area (Å²) in [5.41, 5.74) is 0.730. The van der Waals surface area contributed by atoms with Gasteiger partial charge in [0.2, 0.25) is 0 Å². The first kappa shape index (κ1) is 13.6. The molecule has 98 valence electrons. The number of phenols is 1. The summed E-state index contributed by atoms with van der Waals surface area (Å²) < 4.78 is 0.234. The van der Waals surface area contributed by atoms with E-state index < -0.39 is 18.4 Å². The summed E-state index contributed by atoms with van der Waals surface area (Å²) in [4.78, 5) is 24.0. The fourth-order valence-electron chi connectivity index (χ4n) is 1.49. The van der Waals surface area contributed by atoms with Gasteiger partial charge in [0, 0.05) is 0 Å². The number of benzene rings is 1. The van der Waals surface area contributed by atoms with E-state index in [4.69, 9.17) is 22.4 Å². The lowest BCUT2D eigenvalue weighted by Gasteiger charge is -2.10. The predicted octanol–water partition coefficient (Wildman–Crippen LogP) is 1.68. The maximum Gasteiger partial charge on any atom is 0.323 e. The lowest BCUT2D eigenvalue weighted by molar-refractivity contribution is -0.140. The van der Waals surface area contributed by atoms with Gasteiger partial charge in [-0.1, -0.05) is 36.1 Å². The van der Waals surface area contributed by atoms with Gasteiger partial charge < -0.3 is 10.2 Å². The van der Waals surface area contributed by atoms with E-state index in [0.29, 0.717) is 4.91 Å². The highest BCUT2D eigenvalue weighted by Gasteiger charge is 2.33. The summed E-state index contributed by atoms with van der Waals surface area (Å²) in [6, 6.07) is 6.31. The molecule has 2 rings (SSSR count). The third-order valence-corrected chi connectivity index (χ3v) is 3.74. The molecule has 1 saturated heterocycles. The second-order valence-electron chi connectivity index (χ2n) is 3.75. The van der Waals surface area contributed by atoms with Crippen molar-refractivity contribution in [2.75, 3.05) is 6.54 Å². The number of nitrogens with zero attached hydrogens (tertiary/aromatic N) is 1. The van der Waals surface area contributed by atoms with Crippen LogP contribution in [0.1, 0.15) is 5.56 Å². The molecule has 2 N–H and O–H groups in total. The largest absolute Gasteiger partial charge is 0.508 e. The number of phenolic OH excluding ortho intramolecular Hbond substituents is 1. The van der Waals surface area contributed by atoms with E-state index in [2.05, 4.69) is 0 Å². The molecule has 7 heteroatoms. The number of aliphatic carboxylic acids is 1. The lowest BCUT2D eigenvalue weighted by Crippen LogP contribution is -2.33. The first-order valence-corrected chi connectivity index (χ1v) is 6.46. The zero-order valence-electron chi connectivity index (χ0n) is 9.57. The highest BCUT2D eigenvalue weighted by Crippen LogP contribution is 2.32. The standard InChI is InChI=1S/C12H9NO4S2/c14-8-3-1-7(2-4-8)5-9-11(17)13(6-10(15)16)12(18)19-9/h1-5,14H,6H2,(H,15,16). The molecule has 1 heterocycles. The molecule has 0 aromatic heterocycles. The number of amides is 1. The third kappa shape index (κ3) is 3.12. The van der Waals surface area contributed by atoms with Gasteiger partial charge in [0.05, 0.1) is 4.91 Å². The molecular weight excluding hydrogens is 286 g/mol. The van der Waals surface area contributed by atoms with Gasteiger partial charge in [0.15, 0.2) is 0 Å². The van der Waals surface area contributed by atoms with Gasteiger partial charge in [0.1, 0.15) is 16.6 Å². The van der Waals surface area contributed by atoms with Crippen molar-refractivity contribution in [3.63, 3.8) is 0 Å². The molecule has 0 aliphatic carbocycles. The summed E-state index contributed by atoms with van der Waals surface area (Å²) in [5.74, 6) is -1.39. The van der Waals surface area contributed by atoms with Crippen LogP contribution in [0.5, 0.6) is 5.75 Å². The van der Waals surface area contributed by atoms with Crippen LogP contribution >= 0.6 is 24.0 Å². The van der Waals surface area contributed by atoms with Gasteiger partial charge in [-0.25, -0.2) is 0 Å². The molecule has 0 spiro atoms. The van der Waals surface area contributed by atoms with E-state index in [-0.39, 0.29) is 10.1 Å². The van der Waals surface area contributed by atoms with E-state index in [9.17, 15) is 9.59 Å². The Morgan fingerprint density at radius 3 is 2.58 bits per heavy atom. The molecule has 1 fully saturated rings. The Balaban J connectivity index is 2.23. The van der Waals surface area contributed by atoms with Crippen molar-refractivity contribution >= 4 is 46.3 Å². The number of hydrogen-bond donors (Lipinski definition) is 2. The number of carboxylic acids is 1. The molecule has 19 heavy (non-hydrogen) atoms. The number of thiocarbonyl (C=S) groups is 1. The normalized spacial score (nSPS) is 17.3. The molecule has 0 atom stereocenters. The number of rotatable bonds is 3. The predicted molar refractivity (Wildman–Crippen MR) is 75.6 cm³/mol. The molecule has 1 amide bonds. The molecule has 1 aliphatic heterocycles. The average Bonchev–Trinajstić information content (AvgIpc) is 2.60. The van der Waals surface area contributed by atoms with Gasteiger partial charge in [-0.05, 0) is 23.8 Å². The Morgan fingerprint density at radius 1 is 1.37 bits per heavy atom. The molecule has 0 unspecified atom stereocenters. The summed E-state index contributed by atoms with van der Waals surface area (Å²) >= 11 is 6.04. The van der Waals surface area contributed by atoms with Crippen LogP contribution in [0.3, 0.4) is 0 Å². The monoisotopic (exact) mass is 295 g/mol.